The monoisotopic (exact) mass is 295 g/mol. The molecule has 4 heteroatoms. The minimum atomic E-state index is 0.422. The molecule has 0 spiro atoms. The van der Waals surface area contributed by atoms with Gasteiger partial charge < -0.3 is 10.1 Å². The first kappa shape index (κ1) is 8.93. The normalized spacial score (nSPS) is 24.2. The fourth-order valence-electron chi connectivity index (χ4n) is 1.29. The van der Waals surface area contributed by atoms with E-state index in [0.717, 1.165) is 19.8 Å². The summed E-state index contributed by atoms with van der Waals surface area (Å²) in [5.41, 5.74) is 0. The van der Waals surface area contributed by atoms with Crippen LogP contribution in [-0.4, -0.2) is 19.8 Å². The number of morpholine rings is 1. The van der Waals surface area contributed by atoms with Gasteiger partial charge in [0, 0.05) is 15.0 Å². The zero-order chi connectivity index (χ0) is 8.39. The number of nitrogens with one attached hydrogen (secondary N) is 1. The molecule has 66 valence electrons. The Kier molecular flexibility index (Phi) is 3.00. The molecule has 2 nitrogen and oxygen atoms in total. The van der Waals surface area contributed by atoms with Crippen molar-refractivity contribution in [3.8, 4) is 0 Å². The summed E-state index contributed by atoms with van der Waals surface area (Å²) in [6.45, 7) is 2.63. The number of ether oxygens (including phenoxy) is 1. The Labute approximate surface area is 89.5 Å². The molecule has 0 saturated carbocycles. The summed E-state index contributed by atoms with van der Waals surface area (Å²) in [5.74, 6) is 0. The van der Waals surface area contributed by atoms with Gasteiger partial charge in [-0.25, -0.2) is 0 Å². The van der Waals surface area contributed by atoms with E-state index in [1.54, 1.807) is 11.3 Å². The van der Waals surface area contributed by atoms with E-state index < -0.39 is 0 Å². The summed E-state index contributed by atoms with van der Waals surface area (Å²) < 4.78 is 6.75. The second-order valence-corrected chi connectivity index (χ2v) is 4.82. The van der Waals surface area contributed by atoms with Crippen molar-refractivity contribution in [3.63, 3.8) is 0 Å². The molecule has 2 heterocycles. The molecule has 2 rings (SSSR count). The molecule has 1 aliphatic heterocycles. The van der Waals surface area contributed by atoms with E-state index in [0.29, 0.717) is 6.04 Å². The molecule has 1 aliphatic rings. The molecule has 0 aliphatic carbocycles. The van der Waals surface area contributed by atoms with Gasteiger partial charge in [0.2, 0.25) is 0 Å². The van der Waals surface area contributed by atoms with E-state index in [9.17, 15) is 0 Å². The first-order valence-corrected chi connectivity index (χ1v) is 5.88. The van der Waals surface area contributed by atoms with Crippen LogP contribution in [0, 0.1) is 3.57 Å². The Bertz CT molecular complexity index is 257. The molecule has 0 unspecified atom stereocenters. The van der Waals surface area contributed by atoms with E-state index in [2.05, 4.69) is 39.4 Å². The maximum absolute atomic E-state index is 5.40. The zero-order valence-electron chi connectivity index (χ0n) is 6.55. The lowest BCUT2D eigenvalue weighted by atomic mass is 10.2. The summed E-state index contributed by atoms with van der Waals surface area (Å²) in [4.78, 5) is 1.41. The van der Waals surface area contributed by atoms with Crippen LogP contribution in [0.3, 0.4) is 0 Å². The first-order valence-electron chi connectivity index (χ1n) is 3.92. The zero-order valence-corrected chi connectivity index (χ0v) is 9.52. The number of hydrogen-bond acceptors (Lipinski definition) is 3. The van der Waals surface area contributed by atoms with Gasteiger partial charge in [-0.15, -0.1) is 11.3 Å². The van der Waals surface area contributed by atoms with Gasteiger partial charge in [-0.3, -0.25) is 0 Å². The van der Waals surface area contributed by atoms with Crippen molar-refractivity contribution in [1.82, 2.24) is 5.32 Å². The maximum atomic E-state index is 5.40. The third-order valence-corrected chi connectivity index (χ3v) is 4.22. The second-order valence-electron chi connectivity index (χ2n) is 2.71. The summed E-state index contributed by atoms with van der Waals surface area (Å²) >= 11 is 4.18. The molecule has 0 radical (unpaired) electrons. The average Bonchev–Trinajstić information content (AvgIpc) is 2.53. The van der Waals surface area contributed by atoms with Gasteiger partial charge >= 0.3 is 0 Å². The van der Waals surface area contributed by atoms with E-state index in [1.165, 1.54) is 8.45 Å². The quantitative estimate of drug-likeness (QED) is 0.800. The molecule has 12 heavy (non-hydrogen) atoms. The van der Waals surface area contributed by atoms with Crippen molar-refractivity contribution in [2.24, 2.45) is 0 Å². The van der Waals surface area contributed by atoms with Gasteiger partial charge in [-0.1, -0.05) is 0 Å². The van der Waals surface area contributed by atoms with Crippen LogP contribution in [0.15, 0.2) is 11.4 Å². The highest BCUT2D eigenvalue weighted by Gasteiger charge is 2.18. The van der Waals surface area contributed by atoms with Gasteiger partial charge in [0.25, 0.3) is 0 Å². The Hall–Kier alpha value is 0.350. The Morgan fingerprint density at radius 2 is 2.58 bits per heavy atom. The second kappa shape index (κ2) is 4.04. The van der Waals surface area contributed by atoms with Crippen LogP contribution < -0.4 is 5.32 Å². The smallest absolute Gasteiger partial charge is 0.0670 e. The molecule has 1 aromatic heterocycles. The molecule has 1 N–H and O–H groups in total. The third-order valence-electron chi connectivity index (χ3n) is 1.88. The van der Waals surface area contributed by atoms with Crippen LogP contribution in [0.25, 0.3) is 0 Å². The summed E-state index contributed by atoms with van der Waals surface area (Å²) in [5, 5.41) is 5.58. The molecular weight excluding hydrogens is 285 g/mol. The Morgan fingerprint density at radius 1 is 1.67 bits per heavy atom. The fraction of sp³-hybridized carbons (Fsp3) is 0.500. The van der Waals surface area contributed by atoms with E-state index in [4.69, 9.17) is 4.74 Å². The van der Waals surface area contributed by atoms with Gasteiger partial charge in [0.05, 0.1) is 19.3 Å². The van der Waals surface area contributed by atoms with E-state index in [1.807, 2.05) is 0 Å². The van der Waals surface area contributed by atoms with Crippen molar-refractivity contribution in [2.45, 2.75) is 6.04 Å². The summed E-state index contributed by atoms with van der Waals surface area (Å²) in [6, 6.07) is 2.57. The lowest BCUT2D eigenvalue weighted by Gasteiger charge is -2.23. The SMILES string of the molecule is Ic1ccsc1[C@H]1COCCN1. The molecular formula is C8H10INOS. The molecule has 1 fully saturated rings. The van der Waals surface area contributed by atoms with Crippen molar-refractivity contribution in [2.75, 3.05) is 19.8 Å². The lowest BCUT2D eigenvalue weighted by Crippen LogP contribution is -2.34. The van der Waals surface area contributed by atoms with Crippen LogP contribution in [-0.2, 0) is 4.74 Å². The van der Waals surface area contributed by atoms with Gasteiger partial charge in [-0.2, -0.15) is 0 Å². The van der Waals surface area contributed by atoms with Gasteiger partial charge in [0.1, 0.15) is 0 Å². The van der Waals surface area contributed by atoms with Gasteiger partial charge in [0.15, 0.2) is 0 Å². The largest absolute Gasteiger partial charge is 0.378 e. The van der Waals surface area contributed by atoms with Crippen LogP contribution in [0.2, 0.25) is 0 Å². The number of rotatable bonds is 1. The number of halogens is 1. The Balaban J connectivity index is 2.13. The van der Waals surface area contributed by atoms with Crippen LogP contribution in [0.5, 0.6) is 0 Å². The summed E-state index contributed by atoms with van der Waals surface area (Å²) in [6.07, 6.45) is 0. The molecule has 1 saturated heterocycles. The minimum Gasteiger partial charge on any atom is -0.378 e. The molecule has 1 aromatic rings. The Morgan fingerprint density at radius 3 is 3.17 bits per heavy atom. The molecule has 0 amide bonds. The van der Waals surface area contributed by atoms with Crippen molar-refractivity contribution >= 4 is 33.9 Å². The van der Waals surface area contributed by atoms with Gasteiger partial charge in [-0.05, 0) is 34.0 Å². The molecule has 1 atom stereocenters. The predicted molar refractivity (Wildman–Crippen MR) is 58.6 cm³/mol. The fourth-order valence-corrected chi connectivity index (χ4v) is 3.32. The number of hydrogen-bond donors (Lipinski definition) is 1. The topological polar surface area (TPSA) is 21.3 Å². The lowest BCUT2D eigenvalue weighted by molar-refractivity contribution is 0.0777. The highest BCUT2D eigenvalue weighted by atomic mass is 127. The molecule has 0 bridgehead atoms. The highest BCUT2D eigenvalue weighted by molar-refractivity contribution is 14.1. The summed E-state index contributed by atoms with van der Waals surface area (Å²) in [7, 11) is 0. The maximum Gasteiger partial charge on any atom is 0.0670 e. The van der Waals surface area contributed by atoms with Crippen molar-refractivity contribution in [3.05, 3.63) is 19.9 Å². The van der Waals surface area contributed by atoms with Crippen LogP contribution in [0.4, 0.5) is 0 Å². The molecule has 0 aromatic carbocycles. The standard InChI is InChI=1S/C8H10INOS/c9-6-1-4-12-8(6)7-5-11-3-2-10-7/h1,4,7,10H,2-3,5H2/t7-/m1/s1. The number of thiophene rings is 1. The van der Waals surface area contributed by atoms with E-state index in [-0.39, 0.29) is 0 Å². The van der Waals surface area contributed by atoms with Crippen LogP contribution >= 0.6 is 33.9 Å². The highest BCUT2D eigenvalue weighted by Crippen LogP contribution is 2.26. The van der Waals surface area contributed by atoms with Crippen molar-refractivity contribution in [1.29, 1.82) is 0 Å². The third kappa shape index (κ3) is 1.81. The van der Waals surface area contributed by atoms with Crippen molar-refractivity contribution < 1.29 is 4.74 Å². The van der Waals surface area contributed by atoms with E-state index >= 15 is 0 Å². The first-order chi connectivity index (χ1) is 5.88. The average molecular weight is 295 g/mol. The minimum absolute atomic E-state index is 0.422. The van der Waals surface area contributed by atoms with Crippen LogP contribution in [0.1, 0.15) is 10.9 Å². The predicted octanol–water partition coefficient (Wildman–Crippen LogP) is 2.01.